The number of halogens is 1. The Morgan fingerprint density at radius 3 is 2.73 bits per heavy atom. The van der Waals surface area contributed by atoms with E-state index >= 15 is 0 Å². The Labute approximate surface area is 179 Å². The monoisotopic (exact) mass is 402 g/mol. The molecule has 0 N–H and O–H groups in total. The van der Waals surface area contributed by atoms with Crippen molar-refractivity contribution in [1.82, 2.24) is 9.88 Å². The van der Waals surface area contributed by atoms with Gasteiger partial charge in [0.05, 0.1) is 23.5 Å². The summed E-state index contributed by atoms with van der Waals surface area (Å²) >= 11 is 0. The number of rotatable bonds is 7. The number of nitrogens with zero attached hydrogens (tertiary/aromatic N) is 2. The van der Waals surface area contributed by atoms with Gasteiger partial charge in [-0.15, -0.1) is 6.58 Å². The Morgan fingerprint density at radius 1 is 1.23 bits per heavy atom. The van der Waals surface area contributed by atoms with Crippen molar-refractivity contribution in [2.75, 3.05) is 0 Å². The van der Waals surface area contributed by atoms with Crippen LogP contribution < -0.4 is 0 Å². The highest BCUT2D eigenvalue weighted by Gasteiger charge is 2.33. The smallest absolute Gasteiger partial charge is 0.125 e. The number of aromatic nitrogens is 1. The Morgan fingerprint density at radius 2 is 2.03 bits per heavy atom. The molecule has 1 aromatic heterocycles. The summed E-state index contributed by atoms with van der Waals surface area (Å²) < 4.78 is 14.3. The average molecular weight is 403 g/mol. The molecule has 1 aromatic carbocycles. The third-order valence-corrected chi connectivity index (χ3v) is 6.26. The lowest BCUT2D eigenvalue weighted by Gasteiger charge is -2.32. The number of allylic oxidation sites excluding steroid dienone is 4. The van der Waals surface area contributed by atoms with Gasteiger partial charge in [0.25, 0.3) is 0 Å². The maximum absolute atomic E-state index is 14.3. The van der Waals surface area contributed by atoms with Crippen LogP contribution in [0.2, 0.25) is 0 Å². The summed E-state index contributed by atoms with van der Waals surface area (Å²) in [5.74, 6) is 0.200. The average Bonchev–Trinajstić information content (AvgIpc) is 3.07. The van der Waals surface area contributed by atoms with Gasteiger partial charge in [0.1, 0.15) is 5.82 Å². The molecule has 0 fully saturated rings. The minimum absolute atomic E-state index is 0.201. The molecule has 30 heavy (non-hydrogen) atoms. The van der Waals surface area contributed by atoms with Crippen molar-refractivity contribution in [2.24, 2.45) is 5.92 Å². The van der Waals surface area contributed by atoms with Gasteiger partial charge in [-0.1, -0.05) is 39.8 Å². The molecule has 0 bridgehead atoms. The van der Waals surface area contributed by atoms with Gasteiger partial charge in [0, 0.05) is 22.7 Å². The van der Waals surface area contributed by atoms with Crippen LogP contribution >= 0.6 is 0 Å². The Bertz CT molecular complexity index is 1090. The Kier molecular flexibility index (Phi) is 5.64. The van der Waals surface area contributed by atoms with Gasteiger partial charge in [-0.2, -0.15) is 0 Å². The van der Waals surface area contributed by atoms with Gasteiger partial charge >= 0.3 is 0 Å². The Balaban J connectivity index is 1.84. The molecular formula is C27H31FN2. The summed E-state index contributed by atoms with van der Waals surface area (Å²) in [7, 11) is 0. The SMILES string of the molecule is C=CCCC1=C(C(C)C)C=C2c3nc4cc(F)cc(CCCC)c4cc3CN2C1=C. The third kappa shape index (κ3) is 3.51. The molecule has 0 aliphatic carbocycles. The third-order valence-electron chi connectivity index (χ3n) is 6.26. The molecule has 4 rings (SSSR count). The second-order valence-electron chi connectivity index (χ2n) is 8.71. The largest absolute Gasteiger partial charge is 0.335 e. The predicted molar refractivity (Wildman–Crippen MR) is 124 cm³/mol. The fraction of sp³-hybridized carbons (Fsp3) is 0.370. The first kappa shape index (κ1) is 20.6. The molecule has 3 heterocycles. The van der Waals surface area contributed by atoms with Crippen LogP contribution in [-0.4, -0.2) is 9.88 Å². The van der Waals surface area contributed by atoms with Crippen LogP contribution in [0.15, 0.2) is 60.4 Å². The number of fused-ring (bicyclic) bond motifs is 4. The molecular weight excluding hydrogens is 371 g/mol. The number of benzene rings is 1. The lowest BCUT2D eigenvalue weighted by Crippen LogP contribution is -2.21. The van der Waals surface area contributed by atoms with E-state index in [1.165, 1.54) is 16.7 Å². The summed E-state index contributed by atoms with van der Waals surface area (Å²) in [6, 6.07) is 5.48. The van der Waals surface area contributed by atoms with Crippen LogP contribution in [-0.2, 0) is 13.0 Å². The molecule has 0 unspecified atom stereocenters. The summed E-state index contributed by atoms with van der Waals surface area (Å²) in [5.41, 5.74) is 8.79. The first-order valence-corrected chi connectivity index (χ1v) is 11.1. The molecule has 0 spiro atoms. The highest BCUT2D eigenvalue weighted by Crippen LogP contribution is 2.44. The predicted octanol–water partition coefficient (Wildman–Crippen LogP) is 7.32. The quantitative estimate of drug-likeness (QED) is 0.451. The van der Waals surface area contributed by atoms with Crippen LogP contribution in [0.25, 0.3) is 16.6 Å². The van der Waals surface area contributed by atoms with Gasteiger partial charge < -0.3 is 4.90 Å². The topological polar surface area (TPSA) is 16.1 Å². The maximum Gasteiger partial charge on any atom is 0.125 e. The number of pyridine rings is 1. The van der Waals surface area contributed by atoms with Crippen LogP contribution in [0, 0.1) is 11.7 Å². The first-order valence-electron chi connectivity index (χ1n) is 11.1. The molecule has 2 aromatic rings. The number of hydrogen-bond donors (Lipinski definition) is 0. The molecule has 0 saturated carbocycles. The minimum Gasteiger partial charge on any atom is -0.335 e. The molecule has 0 saturated heterocycles. The van der Waals surface area contributed by atoms with Crippen LogP contribution in [0.4, 0.5) is 4.39 Å². The van der Waals surface area contributed by atoms with E-state index in [0.717, 1.165) is 72.2 Å². The van der Waals surface area contributed by atoms with E-state index in [4.69, 9.17) is 4.98 Å². The second kappa shape index (κ2) is 8.22. The van der Waals surface area contributed by atoms with Gasteiger partial charge in [-0.05, 0) is 66.5 Å². The van der Waals surface area contributed by atoms with E-state index < -0.39 is 0 Å². The van der Waals surface area contributed by atoms with Crippen LogP contribution in [0.1, 0.15) is 63.3 Å². The molecule has 2 aliphatic rings. The first-order chi connectivity index (χ1) is 14.4. The van der Waals surface area contributed by atoms with Gasteiger partial charge in [0.2, 0.25) is 0 Å². The zero-order valence-electron chi connectivity index (χ0n) is 18.4. The van der Waals surface area contributed by atoms with E-state index in [9.17, 15) is 4.39 Å². The van der Waals surface area contributed by atoms with E-state index in [-0.39, 0.29) is 5.82 Å². The van der Waals surface area contributed by atoms with Gasteiger partial charge in [-0.25, -0.2) is 9.37 Å². The molecule has 0 radical (unpaired) electrons. The van der Waals surface area contributed by atoms with Crippen molar-refractivity contribution in [3.8, 4) is 0 Å². The molecule has 2 aliphatic heterocycles. The fourth-order valence-corrected chi connectivity index (χ4v) is 4.65. The summed E-state index contributed by atoms with van der Waals surface area (Å²) in [6.45, 7) is 15.7. The lowest BCUT2D eigenvalue weighted by atomic mass is 9.88. The van der Waals surface area contributed by atoms with E-state index in [1.54, 1.807) is 12.1 Å². The lowest BCUT2D eigenvalue weighted by molar-refractivity contribution is 0.502. The number of unbranched alkanes of at least 4 members (excludes halogenated alkanes) is 1. The van der Waals surface area contributed by atoms with Crippen molar-refractivity contribution in [3.63, 3.8) is 0 Å². The van der Waals surface area contributed by atoms with Crippen molar-refractivity contribution >= 4 is 16.6 Å². The molecule has 0 atom stereocenters. The van der Waals surface area contributed by atoms with Crippen LogP contribution in [0.5, 0.6) is 0 Å². The van der Waals surface area contributed by atoms with Crippen molar-refractivity contribution in [1.29, 1.82) is 0 Å². The summed E-state index contributed by atoms with van der Waals surface area (Å²) in [6.07, 6.45) is 9.17. The molecule has 0 amide bonds. The highest BCUT2D eigenvalue weighted by atomic mass is 19.1. The normalized spacial score (nSPS) is 15.7. The zero-order chi connectivity index (χ0) is 21.4. The summed E-state index contributed by atoms with van der Waals surface area (Å²) in [4.78, 5) is 7.24. The minimum atomic E-state index is -0.201. The standard InChI is InChI=1S/C27H31FN2/c1-6-8-10-19-12-21(28)14-25-24(19)13-20-16-30-18(5)22(11-9-7-2)23(17(3)4)15-26(30)27(20)29-25/h7,12-15,17H,2,5-6,8-11,16H2,1,3-4H3. The summed E-state index contributed by atoms with van der Waals surface area (Å²) in [5, 5.41) is 1.08. The van der Waals surface area contributed by atoms with E-state index in [1.807, 2.05) is 6.08 Å². The fourth-order valence-electron chi connectivity index (χ4n) is 4.65. The van der Waals surface area contributed by atoms with Crippen molar-refractivity contribution < 1.29 is 4.39 Å². The molecule has 156 valence electrons. The van der Waals surface area contributed by atoms with Crippen LogP contribution in [0.3, 0.4) is 0 Å². The number of aryl methyl sites for hydroxylation is 1. The van der Waals surface area contributed by atoms with E-state index in [0.29, 0.717) is 5.92 Å². The van der Waals surface area contributed by atoms with Gasteiger partial charge in [0.15, 0.2) is 0 Å². The second-order valence-corrected chi connectivity index (χ2v) is 8.71. The maximum atomic E-state index is 14.3. The highest BCUT2D eigenvalue weighted by molar-refractivity contribution is 5.87. The molecule has 3 heteroatoms. The van der Waals surface area contributed by atoms with Crippen molar-refractivity contribution in [3.05, 3.63) is 83.0 Å². The Hall–Kier alpha value is -2.68. The van der Waals surface area contributed by atoms with Gasteiger partial charge in [-0.3, -0.25) is 0 Å². The zero-order valence-corrected chi connectivity index (χ0v) is 18.4. The van der Waals surface area contributed by atoms with E-state index in [2.05, 4.69) is 51.0 Å². The molecule has 2 nitrogen and oxygen atoms in total. The van der Waals surface area contributed by atoms with Crippen molar-refractivity contribution in [2.45, 2.75) is 59.4 Å². The number of hydrogen-bond acceptors (Lipinski definition) is 2.